The summed E-state index contributed by atoms with van der Waals surface area (Å²) in [6.07, 6.45) is 3.42. The molecular formula is C16H14N4O5S2. The van der Waals surface area contributed by atoms with Crippen molar-refractivity contribution in [2.24, 2.45) is 0 Å². The Morgan fingerprint density at radius 1 is 1.19 bits per heavy atom. The molecule has 27 heavy (non-hydrogen) atoms. The Bertz CT molecular complexity index is 1270. The number of oxazole rings is 1. The third-order valence-electron chi connectivity index (χ3n) is 3.89. The number of rotatable bonds is 3. The van der Waals surface area contributed by atoms with Crippen LogP contribution in [-0.4, -0.2) is 42.7 Å². The van der Waals surface area contributed by atoms with Gasteiger partial charge in [0.2, 0.25) is 5.89 Å². The van der Waals surface area contributed by atoms with E-state index in [1.807, 2.05) is 19.1 Å². The summed E-state index contributed by atoms with van der Waals surface area (Å²) in [5.74, 6) is 0.392. The number of fused-ring (bicyclic) bond motifs is 2. The van der Waals surface area contributed by atoms with E-state index in [0.717, 1.165) is 17.7 Å². The molecule has 0 saturated carbocycles. The average molecular weight is 406 g/mol. The number of sulfone groups is 1. The summed E-state index contributed by atoms with van der Waals surface area (Å²) in [5, 5.41) is 4.24. The van der Waals surface area contributed by atoms with E-state index in [2.05, 4.69) is 15.1 Å². The zero-order valence-corrected chi connectivity index (χ0v) is 16.0. The normalized spacial score (nSPS) is 11.3. The first-order chi connectivity index (χ1) is 12.9. The van der Waals surface area contributed by atoms with Gasteiger partial charge < -0.3 is 4.42 Å². The average Bonchev–Trinajstić information content (AvgIpc) is 3.26. The van der Waals surface area contributed by atoms with Gasteiger partial charge in [0.1, 0.15) is 17.5 Å². The third-order valence-corrected chi connectivity index (χ3v) is 5.00. The summed E-state index contributed by atoms with van der Waals surface area (Å²) >= 11 is -0.750. The van der Waals surface area contributed by atoms with Gasteiger partial charge in [-0.25, -0.2) is 22.9 Å². The molecule has 1 aromatic carbocycles. The van der Waals surface area contributed by atoms with Crippen LogP contribution < -0.4 is 0 Å². The van der Waals surface area contributed by atoms with Crippen molar-refractivity contribution >= 4 is 38.2 Å². The molecule has 0 aliphatic carbocycles. The van der Waals surface area contributed by atoms with E-state index in [1.54, 1.807) is 10.6 Å². The van der Waals surface area contributed by atoms with Crippen LogP contribution in [0, 0.1) is 0 Å². The lowest BCUT2D eigenvalue weighted by Crippen LogP contribution is -1.99. The number of aromatic nitrogens is 4. The highest BCUT2D eigenvalue weighted by Gasteiger charge is 2.18. The Hall–Kier alpha value is -2.92. The molecule has 0 fully saturated rings. The van der Waals surface area contributed by atoms with Gasteiger partial charge in [0.15, 0.2) is 21.1 Å². The molecule has 0 amide bonds. The zero-order valence-electron chi connectivity index (χ0n) is 14.3. The molecule has 3 heterocycles. The molecule has 0 radical (unpaired) electrons. The molecule has 4 rings (SSSR count). The molecular weight excluding hydrogens is 392 g/mol. The topological polar surface area (TPSA) is 124 Å². The number of pyridine rings is 1. The molecule has 11 heteroatoms. The highest BCUT2D eigenvalue weighted by molar-refractivity contribution is 7.90. The molecule has 0 spiro atoms. The lowest BCUT2D eigenvalue weighted by molar-refractivity contribution is 0.601. The fraction of sp³-hybridized carbons (Fsp3) is 0.188. The second-order valence-corrected chi connectivity index (χ2v) is 7.73. The number of aryl methyl sites for hydroxylation is 1. The quantitative estimate of drug-likeness (QED) is 0.505. The van der Waals surface area contributed by atoms with Crippen LogP contribution in [0.3, 0.4) is 0 Å². The van der Waals surface area contributed by atoms with E-state index in [0.29, 0.717) is 22.6 Å². The maximum absolute atomic E-state index is 11.7. The van der Waals surface area contributed by atoms with Gasteiger partial charge in [0, 0.05) is 6.26 Å². The highest BCUT2D eigenvalue weighted by atomic mass is 32.2. The minimum atomic E-state index is -3.30. The first-order valence-corrected chi connectivity index (χ1v) is 10.3. The smallest absolute Gasteiger partial charge is 0.335 e. The van der Waals surface area contributed by atoms with Crippen LogP contribution in [0.4, 0.5) is 0 Å². The van der Waals surface area contributed by atoms with Crippen LogP contribution in [-0.2, 0) is 27.8 Å². The highest BCUT2D eigenvalue weighted by Crippen LogP contribution is 2.29. The molecule has 3 aromatic heterocycles. The fourth-order valence-electron chi connectivity index (χ4n) is 2.68. The zero-order chi connectivity index (χ0) is 19.6. The van der Waals surface area contributed by atoms with Gasteiger partial charge in [-0.1, -0.05) is 13.0 Å². The second kappa shape index (κ2) is 7.37. The number of nitrogens with zero attached hydrogens (tertiary/aromatic N) is 4. The van der Waals surface area contributed by atoms with Crippen molar-refractivity contribution < 1.29 is 21.3 Å². The molecule has 0 atom stereocenters. The molecule has 4 aromatic rings. The first-order valence-electron chi connectivity index (χ1n) is 7.73. The lowest BCUT2D eigenvalue weighted by atomic mass is 10.1. The minimum Gasteiger partial charge on any atom is -0.435 e. The predicted molar refractivity (Wildman–Crippen MR) is 97.4 cm³/mol. The van der Waals surface area contributed by atoms with Gasteiger partial charge in [-0.05, 0) is 36.2 Å². The SMILES string of the molecule is CCc1ccc2ncnn2c1-c1nc2cc(S(C)(=O)=O)ccc2o1.O=S=O. The Labute approximate surface area is 157 Å². The van der Waals surface area contributed by atoms with E-state index in [9.17, 15) is 8.42 Å². The van der Waals surface area contributed by atoms with E-state index >= 15 is 0 Å². The Morgan fingerprint density at radius 3 is 2.59 bits per heavy atom. The van der Waals surface area contributed by atoms with Crippen molar-refractivity contribution in [3.63, 3.8) is 0 Å². The van der Waals surface area contributed by atoms with Crippen LogP contribution in [0.5, 0.6) is 0 Å². The van der Waals surface area contributed by atoms with E-state index in [1.165, 1.54) is 24.7 Å². The monoisotopic (exact) mass is 406 g/mol. The summed E-state index contributed by atoms with van der Waals surface area (Å²) in [6.45, 7) is 2.03. The largest absolute Gasteiger partial charge is 0.435 e. The second-order valence-electron chi connectivity index (χ2n) is 5.58. The van der Waals surface area contributed by atoms with Crippen LogP contribution in [0.2, 0.25) is 0 Å². The maximum Gasteiger partial charge on any atom is 0.335 e. The van der Waals surface area contributed by atoms with Crippen molar-refractivity contribution in [3.05, 3.63) is 42.2 Å². The van der Waals surface area contributed by atoms with Crippen LogP contribution in [0.15, 0.2) is 46.0 Å². The maximum atomic E-state index is 11.7. The van der Waals surface area contributed by atoms with Crippen LogP contribution >= 0.6 is 0 Å². The third kappa shape index (κ3) is 3.64. The molecule has 0 saturated heterocycles. The van der Waals surface area contributed by atoms with E-state index in [-0.39, 0.29) is 4.90 Å². The van der Waals surface area contributed by atoms with E-state index < -0.39 is 21.4 Å². The van der Waals surface area contributed by atoms with Crippen molar-refractivity contribution in [1.29, 1.82) is 0 Å². The molecule has 0 aliphatic heterocycles. The summed E-state index contributed by atoms with van der Waals surface area (Å²) in [5.41, 5.74) is 3.46. The standard InChI is InChI=1S/C16H14N4O3S.O2S/c1-3-10-4-7-14-17-9-18-20(14)15(10)16-19-12-8-11(24(2,21)22)5-6-13(12)23-16;1-3-2/h4-9H,3H2,1-2H3;. The van der Waals surface area contributed by atoms with Crippen molar-refractivity contribution in [3.8, 4) is 11.6 Å². The summed E-state index contributed by atoms with van der Waals surface area (Å²) in [4.78, 5) is 8.87. The minimum absolute atomic E-state index is 0.213. The fourth-order valence-corrected chi connectivity index (χ4v) is 3.32. The number of hydrogen-bond donors (Lipinski definition) is 0. The number of benzene rings is 1. The Morgan fingerprint density at radius 2 is 1.93 bits per heavy atom. The molecule has 0 aliphatic rings. The van der Waals surface area contributed by atoms with Crippen molar-refractivity contribution in [2.45, 2.75) is 18.2 Å². The number of hydrogen-bond acceptors (Lipinski definition) is 8. The first kappa shape index (κ1) is 18.9. The van der Waals surface area contributed by atoms with Gasteiger partial charge in [0.25, 0.3) is 0 Å². The van der Waals surface area contributed by atoms with Crippen molar-refractivity contribution in [2.75, 3.05) is 6.26 Å². The molecule has 0 bridgehead atoms. The van der Waals surface area contributed by atoms with Crippen LogP contribution in [0.25, 0.3) is 28.3 Å². The lowest BCUT2D eigenvalue weighted by Gasteiger charge is -2.05. The van der Waals surface area contributed by atoms with E-state index in [4.69, 9.17) is 12.8 Å². The summed E-state index contributed by atoms with van der Waals surface area (Å²) in [6, 6.07) is 8.51. The predicted octanol–water partition coefficient (Wildman–Crippen LogP) is 1.83. The van der Waals surface area contributed by atoms with Crippen molar-refractivity contribution in [1.82, 2.24) is 19.6 Å². The van der Waals surface area contributed by atoms with Gasteiger partial charge in [0.05, 0.1) is 4.90 Å². The summed E-state index contributed by atoms with van der Waals surface area (Å²) < 4.78 is 47.5. The van der Waals surface area contributed by atoms with Gasteiger partial charge in [-0.2, -0.15) is 13.5 Å². The summed E-state index contributed by atoms with van der Waals surface area (Å²) in [7, 11) is -3.30. The molecule has 0 N–H and O–H groups in total. The molecule has 0 unspecified atom stereocenters. The van der Waals surface area contributed by atoms with Gasteiger partial charge in [-0.3, -0.25) is 0 Å². The van der Waals surface area contributed by atoms with Gasteiger partial charge in [-0.15, -0.1) is 0 Å². The van der Waals surface area contributed by atoms with Crippen LogP contribution in [0.1, 0.15) is 12.5 Å². The Kier molecular flexibility index (Phi) is 5.15. The Balaban J connectivity index is 0.000000659. The van der Waals surface area contributed by atoms with Gasteiger partial charge >= 0.3 is 11.6 Å². The molecule has 9 nitrogen and oxygen atoms in total. The molecule has 140 valence electrons.